The number of thioether (sulfide) groups is 1. The average Bonchev–Trinajstić information content (AvgIpc) is 3.12. The number of anilines is 2. The lowest BCUT2D eigenvalue weighted by Gasteiger charge is -2.45. The molecule has 1 atom stereocenters. The van der Waals surface area contributed by atoms with E-state index in [1.54, 1.807) is 11.9 Å². The molecule has 3 aliphatic rings. The van der Waals surface area contributed by atoms with E-state index < -0.39 is 0 Å². The summed E-state index contributed by atoms with van der Waals surface area (Å²) in [6.45, 7) is 12.4. The van der Waals surface area contributed by atoms with E-state index in [1.165, 1.54) is 34.3 Å². The van der Waals surface area contributed by atoms with Crippen LogP contribution >= 0.6 is 11.8 Å². The van der Waals surface area contributed by atoms with Gasteiger partial charge in [-0.2, -0.15) is 0 Å². The van der Waals surface area contributed by atoms with Crippen LogP contribution in [-0.2, 0) is 9.53 Å². The molecule has 5 rings (SSSR count). The van der Waals surface area contributed by atoms with E-state index in [4.69, 9.17) is 9.73 Å². The first-order valence-electron chi connectivity index (χ1n) is 12.7. The third kappa shape index (κ3) is 4.66. The van der Waals surface area contributed by atoms with Crippen molar-refractivity contribution < 1.29 is 9.53 Å². The Bertz CT molecular complexity index is 1230. The standard InChI is InChI=1S/C29H36N4O2S/c1-19-15-25-24(20(2)18-29(3,4)32(25)6)16-21(19)17-26-27(34)31(5)28(36-26)30-22-7-9-23(10-8-22)33-11-13-35-14-12-33/h7-10,15-17,20H,11-14,18H2,1-6H3/b26-17+,30-28?. The monoisotopic (exact) mass is 504 g/mol. The number of hydrogen-bond acceptors (Lipinski definition) is 6. The summed E-state index contributed by atoms with van der Waals surface area (Å²) in [5.41, 5.74) is 7.09. The molecule has 2 saturated heterocycles. The van der Waals surface area contributed by atoms with Gasteiger partial charge in [0.05, 0.1) is 23.8 Å². The lowest BCUT2D eigenvalue weighted by atomic mass is 9.79. The fourth-order valence-electron chi connectivity index (χ4n) is 5.35. The molecule has 2 aromatic rings. The number of fused-ring (bicyclic) bond motifs is 1. The molecule has 36 heavy (non-hydrogen) atoms. The molecule has 3 aliphatic heterocycles. The quantitative estimate of drug-likeness (QED) is 0.496. The summed E-state index contributed by atoms with van der Waals surface area (Å²) in [4.78, 5) is 25.0. The summed E-state index contributed by atoms with van der Waals surface area (Å²) in [7, 11) is 3.99. The average molecular weight is 505 g/mol. The number of amidine groups is 1. The van der Waals surface area contributed by atoms with Crippen molar-refractivity contribution in [2.75, 3.05) is 50.2 Å². The van der Waals surface area contributed by atoms with Gasteiger partial charge in [-0.3, -0.25) is 9.69 Å². The van der Waals surface area contributed by atoms with Crippen LogP contribution in [0.1, 0.15) is 49.8 Å². The zero-order chi connectivity index (χ0) is 25.6. The molecule has 1 amide bonds. The van der Waals surface area contributed by atoms with E-state index in [1.807, 2.05) is 18.2 Å². The summed E-state index contributed by atoms with van der Waals surface area (Å²) >= 11 is 1.45. The van der Waals surface area contributed by atoms with Crippen molar-refractivity contribution in [3.63, 3.8) is 0 Å². The van der Waals surface area contributed by atoms with Crippen LogP contribution in [-0.4, -0.2) is 61.9 Å². The van der Waals surface area contributed by atoms with Gasteiger partial charge in [-0.05, 0) is 104 Å². The van der Waals surface area contributed by atoms with E-state index in [0.29, 0.717) is 16.0 Å². The smallest absolute Gasteiger partial charge is 0.266 e. The maximum Gasteiger partial charge on any atom is 0.266 e. The number of rotatable bonds is 3. The van der Waals surface area contributed by atoms with Crippen LogP contribution in [0.3, 0.4) is 0 Å². The maximum atomic E-state index is 13.1. The number of hydrogen-bond donors (Lipinski definition) is 0. The van der Waals surface area contributed by atoms with Gasteiger partial charge in [-0.1, -0.05) is 6.92 Å². The van der Waals surface area contributed by atoms with Gasteiger partial charge in [-0.15, -0.1) is 0 Å². The van der Waals surface area contributed by atoms with E-state index in [-0.39, 0.29) is 11.4 Å². The predicted molar refractivity (Wildman–Crippen MR) is 152 cm³/mol. The van der Waals surface area contributed by atoms with Gasteiger partial charge < -0.3 is 14.5 Å². The second-order valence-electron chi connectivity index (χ2n) is 10.7. The summed E-state index contributed by atoms with van der Waals surface area (Å²) in [6, 6.07) is 12.8. The minimum absolute atomic E-state index is 0.00731. The number of aliphatic imine (C=N–C) groups is 1. The Hall–Kier alpha value is -2.77. The second kappa shape index (κ2) is 9.60. The molecule has 3 heterocycles. The fourth-order valence-corrected chi connectivity index (χ4v) is 6.33. The zero-order valence-electron chi connectivity index (χ0n) is 22.2. The number of carbonyl (C=O) groups is 1. The highest BCUT2D eigenvalue weighted by Gasteiger charge is 2.35. The van der Waals surface area contributed by atoms with Gasteiger partial charge in [0.2, 0.25) is 0 Å². The molecule has 0 N–H and O–H groups in total. The van der Waals surface area contributed by atoms with Crippen molar-refractivity contribution in [2.24, 2.45) is 4.99 Å². The highest BCUT2D eigenvalue weighted by atomic mass is 32.2. The van der Waals surface area contributed by atoms with E-state index in [2.05, 4.69) is 68.8 Å². The predicted octanol–water partition coefficient (Wildman–Crippen LogP) is 5.79. The Balaban J connectivity index is 1.39. The van der Waals surface area contributed by atoms with Crippen molar-refractivity contribution in [1.29, 1.82) is 0 Å². The minimum atomic E-state index is -0.00731. The Labute approximate surface area is 219 Å². The van der Waals surface area contributed by atoms with Gasteiger partial charge in [0, 0.05) is 44.1 Å². The van der Waals surface area contributed by atoms with Crippen LogP contribution in [0.4, 0.5) is 17.1 Å². The Morgan fingerprint density at radius 3 is 2.50 bits per heavy atom. The van der Waals surface area contributed by atoms with Crippen molar-refractivity contribution in [3.8, 4) is 0 Å². The zero-order valence-corrected chi connectivity index (χ0v) is 23.0. The van der Waals surface area contributed by atoms with Gasteiger partial charge in [-0.25, -0.2) is 4.99 Å². The third-order valence-corrected chi connectivity index (χ3v) is 8.82. The normalized spacial score (nSPS) is 24.1. The van der Waals surface area contributed by atoms with Gasteiger partial charge in [0.25, 0.3) is 5.91 Å². The summed E-state index contributed by atoms with van der Waals surface area (Å²) in [5, 5.41) is 0.704. The fraction of sp³-hybridized carbons (Fsp3) is 0.448. The molecule has 6 nitrogen and oxygen atoms in total. The SMILES string of the molecule is Cc1cc2c(cc1/C=C1/SC(=Nc3ccc(N4CCOCC4)cc3)N(C)C1=O)C(C)CC(C)(C)N2C. The van der Waals surface area contributed by atoms with E-state index >= 15 is 0 Å². The first-order valence-corrected chi connectivity index (χ1v) is 13.5. The molecular formula is C29H36N4O2S. The number of nitrogens with zero attached hydrogens (tertiary/aromatic N) is 4. The molecule has 7 heteroatoms. The van der Waals surface area contributed by atoms with Crippen molar-refractivity contribution in [2.45, 2.75) is 45.6 Å². The molecule has 0 spiro atoms. The Morgan fingerprint density at radius 1 is 1.11 bits per heavy atom. The van der Waals surface area contributed by atoms with E-state index in [0.717, 1.165) is 44.0 Å². The third-order valence-electron chi connectivity index (χ3n) is 7.76. The molecule has 1 unspecified atom stereocenters. The number of carbonyl (C=O) groups excluding carboxylic acids is 1. The molecule has 0 saturated carbocycles. The molecule has 2 aromatic carbocycles. The van der Waals surface area contributed by atoms with Crippen LogP contribution in [0.15, 0.2) is 46.3 Å². The number of likely N-dealkylation sites (N-methyl/N-ethyl adjacent to an activating group) is 1. The van der Waals surface area contributed by atoms with Crippen LogP contribution in [0.25, 0.3) is 6.08 Å². The lowest BCUT2D eigenvalue weighted by molar-refractivity contribution is -0.121. The van der Waals surface area contributed by atoms with Gasteiger partial charge in [0.1, 0.15) is 0 Å². The minimum Gasteiger partial charge on any atom is -0.378 e. The first-order chi connectivity index (χ1) is 17.1. The molecule has 0 radical (unpaired) electrons. The second-order valence-corrected chi connectivity index (χ2v) is 11.7. The van der Waals surface area contributed by atoms with Crippen LogP contribution in [0.2, 0.25) is 0 Å². The van der Waals surface area contributed by atoms with Crippen molar-refractivity contribution in [3.05, 3.63) is 58.0 Å². The molecular weight excluding hydrogens is 468 g/mol. The molecule has 0 aliphatic carbocycles. The number of amides is 1. The summed E-state index contributed by atoms with van der Waals surface area (Å²) in [5.74, 6) is 0.461. The highest BCUT2D eigenvalue weighted by molar-refractivity contribution is 8.18. The largest absolute Gasteiger partial charge is 0.378 e. The maximum absolute atomic E-state index is 13.1. The summed E-state index contributed by atoms with van der Waals surface area (Å²) in [6.07, 6.45) is 3.14. The van der Waals surface area contributed by atoms with Crippen molar-refractivity contribution >= 4 is 46.0 Å². The number of benzene rings is 2. The van der Waals surface area contributed by atoms with Gasteiger partial charge in [0.15, 0.2) is 5.17 Å². The summed E-state index contributed by atoms with van der Waals surface area (Å²) < 4.78 is 5.45. The Morgan fingerprint density at radius 2 is 1.81 bits per heavy atom. The Kier molecular flexibility index (Phi) is 6.64. The lowest BCUT2D eigenvalue weighted by Crippen LogP contribution is -2.45. The van der Waals surface area contributed by atoms with Gasteiger partial charge >= 0.3 is 0 Å². The number of ether oxygens (including phenoxy) is 1. The number of morpholine rings is 1. The van der Waals surface area contributed by atoms with Crippen LogP contribution in [0.5, 0.6) is 0 Å². The van der Waals surface area contributed by atoms with Crippen LogP contribution < -0.4 is 9.80 Å². The topological polar surface area (TPSA) is 48.4 Å². The molecule has 0 aromatic heterocycles. The molecule has 0 bridgehead atoms. The first kappa shape index (κ1) is 24.9. The number of aryl methyl sites for hydroxylation is 1. The molecule has 2 fully saturated rings. The molecule has 190 valence electrons. The van der Waals surface area contributed by atoms with Crippen molar-refractivity contribution in [1.82, 2.24) is 4.90 Å². The highest BCUT2D eigenvalue weighted by Crippen LogP contribution is 2.44. The van der Waals surface area contributed by atoms with Crippen LogP contribution in [0, 0.1) is 6.92 Å². The van der Waals surface area contributed by atoms with E-state index in [9.17, 15) is 4.79 Å².